The summed E-state index contributed by atoms with van der Waals surface area (Å²) in [4.78, 5) is 0. The lowest BCUT2D eigenvalue weighted by Gasteiger charge is -1.98. The zero-order valence-electron chi connectivity index (χ0n) is 7.20. The Morgan fingerprint density at radius 2 is 2.23 bits per heavy atom. The number of benzene rings is 1. The summed E-state index contributed by atoms with van der Waals surface area (Å²) < 4.78 is 0. The van der Waals surface area contributed by atoms with Crippen LogP contribution in [0.1, 0.15) is 11.1 Å². The highest BCUT2D eigenvalue weighted by Gasteiger charge is 1.96. The van der Waals surface area contributed by atoms with E-state index in [4.69, 9.17) is 16.7 Å². The third-order valence-corrected chi connectivity index (χ3v) is 1.64. The van der Waals surface area contributed by atoms with E-state index in [0.717, 1.165) is 5.56 Å². The van der Waals surface area contributed by atoms with Gasteiger partial charge in [-0.3, -0.25) is 0 Å². The first-order valence-corrected chi connectivity index (χ1v) is 3.94. The minimum atomic E-state index is 0.500. The zero-order chi connectivity index (χ0) is 9.68. The van der Waals surface area contributed by atoms with Crippen LogP contribution in [0.3, 0.4) is 0 Å². The third kappa shape index (κ3) is 2.32. The van der Waals surface area contributed by atoms with E-state index in [1.165, 1.54) is 0 Å². The first-order chi connectivity index (χ1) is 6.27. The normalized spacial score (nSPS) is 10.2. The van der Waals surface area contributed by atoms with Crippen molar-refractivity contribution in [2.24, 2.45) is 5.73 Å². The lowest BCUT2D eigenvalue weighted by Crippen LogP contribution is -1.93. The number of hydrogen-bond acceptors (Lipinski definition) is 3. The molecule has 0 atom stereocenters. The van der Waals surface area contributed by atoms with E-state index in [0.29, 0.717) is 17.8 Å². The highest BCUT2D eigenvalue weighted by Crippen LogP contribution is 2.13. The molecule has 0 aromatic heterocycles. The van der Waals surface area contributed by atoms with Gasteiger partial charge < -0.3 is 11.5 Å². The summed E-state index contributed by atoms with van der Waals surface area (Å²) in [6.07, 6.45) is 3.71. The third-order valence-electron chi connectivity index (χ3n) is 1.64. The smallest absolute Gasteiger partial charge is 0.101 e. The van der Waals surface area contributed by atoms with Gasteiger partial charge in [-0.1, -0.05) is 18.2 Å². The van der Waals surface area contributed by atoms with Crippen molar-refractivity contribution < 1.29 is 0 Å². The molecule has 0 saturated heterocycles. The molecule has 66 valence electrons. The summed E-state index contributed by atoms with van der Waals surface area (Å²) >= 11 is 0. The van der Waals surface area contributed by atoms with Crippen LogP contribution >= 0.6 is 0 Å². The number of anilines is 1. The van der Waals surface area contributed by atoms with Crippen LogP contribution in [-0.2, 0) is 0 Å². The van der Waals surface area contributed by atoms with E-state index in [1.54, 1.807) is 12.1 Å². The lowest BCUT2D eigenvalue weighted by atomic mass is 10.1. The van der Waals surface area contributed by atoms with Gasteiger partial charge in [-0.2, -0.15) is 5.26 Å². The SMILES string of the molecule is N#Cc1ccc(C=CCN)cc1N. The summed E-state index contributed by atoms with van der Waals surface area (Å²) in [6.45, 7) is 0.500. The Bertz CT molecular complexity index is 361. The summed E-state index contributed by atoms with van der Waals surface area (Å²) in [5, 5.41) is 8.62. The Kier molecular flexibility index (Phi) is 3.07. The summed E-state index contributed by atoms with van der Waals surface area (Å²) in [6, 6.07) is 7.29. The van der Waals surface area contributed by atoms with E-state index in [9.17, 15) is 0 Å². The van der Waals surface area contributed by atoms with Gasteiger partial charge in [-0.25, -0.2) is 0 Å². The van der Waals surface area contributed by atoms with Crippen LogP contribution in [0.4, 0.5) is 5.69 Å². The Balaban J connectivity index is 2.97. The molecule has 0 fully saturated rings. The van der Waals surface area contributed by atoms with Crippen LogP contribution < -0.4 is 11.5 Å². The van der Waals surface area contributed by atoms with Crippen molar-refractivity contribution in [3.05, 3.63) is 35.4 Å². The van der Waals surface area contributed by atoms with E-state index in [2.05, 4.69) is 0 Å². The number of rotatable bonds is 2. The maximum absolute atomic E-state index is 8.62. The van der Waals surface area contributed by atoms with Crippen molar-refractivity contribution in [1.82, 2.24) is 0 Å². The molecular weight excluding hydrogens is 162 g/mol. The fraction of sp³-hybridized carbons (Fsp3) is 0.100. The van der Waals surface area contributed by atoms with Crippen LogP contribution in [0.15, 0.2) is 24.3 Å². The molecule has 0 aliphatic heterocycles. The highest BCUT2D eigenvalue weighted by molar-refractivity contribution is 5.62. The second kappa shape index (κ2) is 4.29. The molecule has 3 heteroatoms. The fourth-order valence-corrected chi connectivity index (χ4v) is 0.991. The van der Waals surface area contributed by atoms with Crippen LogP contribution in [-0.4, -0.2) is 6.54 Å². The average Bonchev–Trinajstić information content (AvgIpc) is 2.15. The molecule has 0 saturated carbocycles. The first-order valence-electron chi connectivity index (χ1n) is 3.94. The molecule has 13 heavy (non-hydrogen) atoms. The number of nitrogens with zero attached hydrogens (tertiary/aromatic N) is 1. The summed E-state index contributed by atoms with van der Waals surface area (Å²) in [5.74, 6) is 0. The van der Waals surface area contributed by atoms with Crippen molar-refractivity contribution >= 4 is 11.8 Å². The maximum Gasteiger partial charge on any atom is 0.101 e. The van der Waals surface area contributed by atoms with Crippen molar-refractivity contribution in [2.75, 3.05) is 12.3 Å². The zero-order valence-corrected chi connectivity index (χ0v) is 7.20. The Morgan fingerprint density at radius 3 is 2.77 bits per heavy atom. The molecule has 4 N–H and O–H groups in total. The Morgan fingerprint density at radius 1 is 1.46 bits per heavy atom. The van der Waals surface area contributed by atoms with Crippen LogP contribution in [0, 0.1) is 11.3 Å². The molecule has 1 rings (SSSR count). The Labute approximate surface area is 77.3 Å². The minimum Gasteiger partial charge on any atom is -0.398 e. The molecule has 0 radical (unpaired) electrons. The van der Waals surface area contributed by atoms with Crippen LogP contribution in [0.2, 0.25) is 0 Å². The number of hydrogen-bond donors (Lipinski definition) is 2. The second-order valence-electron chi connectivity index (χ2n) is 2.60. The van der Waals surface area contributed by atoms with E-state index >= 15 is 0 Å². The van der Waals surface area contributed by atoms with E-state index in [1.807, 2.05) is 24.3 Å². The maximum atomic E-state index is 8.62. The molecule has 0 bridgehead atoms. The van der Waals surface area contributed by atoms with Gasteiger partial charge in [0.2, 0.25) is 0 Å². The van der Waals surface area contributed by atoms with Crippen LogP contribution in [0.5, 0.6) is 0 Å². The van der Waals surface area contributed by atoms with Crippen molar-refractivity contribution in [1.29, 1.82) is 5.26 Å². The van der Waals surface area contributed by atoms with Gasteiger partial charge in [0, 0.05) is 6.54 Å². The van der Waals surface area contributed by atoms with Gasteiger partial charge in [0.25, 0.3) is 0 Å². The molecule has 1 aromatic rings. The minimum absolute atomic E-state index is 0.500. The molecule has 1 aromatic carbocycles. The summed E-state index contributed by atoms with van der Waals surface area (Å²) in [7, 11) is 0. The number of nitrogens with two attached hydrogens (primary N) is 2. The lowest BCUT2D eigenvalue weighted by molar-refractivity contribution is 1.26. The van der Waals surface area contributed by atoms with Gasteiger partial charge in [0.1, 0.15) is 6.07 Å². The topological polar surface area (TPSA) is 75.8 Å². The molecule has 0 aliphatic carbocycles. The standard InChI is InChI=1S/C10H11N3/c11-5-1-2-8-3-4-9(7-12)10(13)6-8/h1-4,6H,5,11,13H2. The average molecular weight is 173 g/mol. The van der Waals surface area contributed by atoms with Gasteiger partial charge in [-0.15, -0.1) is 0 Å². The largest absolute Gasteiger partial charge is 0.398 e. The quantitative estimate of drug-likeness (QED) is 0.658. The van der Waals surface area contributed by atoms with Gasteiger partial charge in [-0.05, 0) is 17.7 Å². The molecule has 3 nitrogen and oxygen atoms in total. The molecule has 0 unspecified atom stereocenters. The predicted molar refractivity (Wildman–Crippen MR) is 53.7 cm³/mol. The van der Waals surface area contributed by atoms with Crippen molar-refractivity contribution in [3.8, 4) is 6.07 Å². The molecular formula is C10H11N3. The van der Waals surface area contributed by atoms with Crippen molar-refractivity contribution in [3.63, 3.8) is 0 Å². The van der Waals surface area contributed by atoms with E-state index < -0.39 is 0 Å². The van der Waals surface area contributed by atoms with Gasteiger partial charge in [0.15, 0.2) is 0 Å². The highest BCUT2D eigenvalue weighted by atomic mass is 14.6. The fourth-order valence-electron chi connectivity index (χ4n) is 0.991. The molecule has 0 amide bonds. The first kappa shape index (κ1) is 9.30. The molecule has 0 heterocycles. The Hall–Kier alpha value is -1.79. The molecule has 0 aliphatic rings. The van der Waals surface area contributed by atoms with Crippen LogP contribution in [0.25, 0.3) is 6.08 Å². The van der Waals surface area contributed by atoms with Gasteiger partial charge in [0.05, 0.1) is 11.3 Å². The number of nitrogen functional groups attached to an aromatic ring is 1. The van der Waals surface area contributed by atoms with Crippen molar-refractivity contribution in [2.45, 2.75) is 0 Å². The second-order valence-corrected chi connectivity index (χ2v) is 2.60. The predicted octanol–water partition coefficient (Wildman–Crippen LogP) is 1.11. The monoisotopic (exact) mass is 173 g/mol. The van der Waals surface area contributed by atoms with E-state index in [-0.39, 0.29) is 0 Å². The number of nitriles is 1. The molecule has 0 spiro atoms. The van der Waals surface area contributed by atoms with Gasteiger partial charge >= 0.3 is 0 Å². The summed E-state index contributed by atoms with van der Waals surface area (Å²) in [5.41, 5.74) is 12.9.